The lowest BCUT2D eigenvalue weighted by Crippen LogP contribution is -2.48. The predicted molar refractivity (Wildman–Crippen MR) is 75.0 cm³/mol. The molecular formula is C14H24N4O2. The zero-order valence-corrected chi connectivity index (χ0v) is 12.3. The third-order valence-corrected chi connectivity index (χ3v) is 3.96. The van der Waals surface area contributed by atoms with Gasteiger partial charge in [0, 0.05) is 24.9 Å². The molecule has 1 aromatic heterocycles. The van der Waals surface area contributed by atoms with Crippen LogP contribution in [0, 0.1) is 0 Å². The monoisotopic (exact) mass is 280 g/mol. The minimum atomic E-state index is 0.114. The van der Waals surface area contributed by atoms with Crippen molar-refractivity contribution in [3.8, 4) is 0 Å². The van der Waals surface area contributed by atoms with Gasteiger partial charge in [-0.05, 0) is 46.0 Å². The van der Waals surface area contributed by atoms with Crippen molar-refractivity contribution in [1.29, 1.82) is 0 Å². The maximum absolute atomic E-state index is 12.4. The van der Waals surface area contributed by atoms with E-state index < -0.39 is 0 Å². The van der Waals surface area contributed by atoms with Crippen molar-refractivity contribution >= 4 is 5.91 Å². The van der Waals surface area contributed by atoms with Gasteiger partial charge >= 0.3 is 0 Å². The standard InChI is InChI=1S/C14H24N4O2/c1-11-5-3-6-12(2)18(11)14(20)10-17-9-13(15-16-17)7-4-8-19/h9,11-12,19H,3-8,10H2,1-2H3. The number of carbonyl (C=O) groups excluding carboxylic acids is 1. The van der Waals surface area contributed by atoms with Crippen molar-refractivity contribution in [3.05, 3.63) is 11.9 Å². The quantitative estimate of drug-likeness (QED) is 0.873. The zero-order valence-electron chi connectivity index (χ0n) is 12.3. The van der Waals surface area contributed by atoms with E-state index in [1.807, 2.05) is 4.90 Å². The Balaban J connectivity index is 1.94. The van der Waals surface area contributed by atoms with Crippen LogP contribution < -0.4 is 0 Å². The molecule has 2 rings (SSSR count). The van der Waals surface area contributed by atoms with E-state index in [0.29, 0.717) is 24.9 Å². The summed E-state index contributed by atoms with van der Waals surface area (Å²) in [7, 11) is 0. The first kappa shape index (κ1) is 15.0. The molecular weight excluding hydrogens is 256 g/mol. The Bertz CT molecular complexity index is 436. The normalized spacial score (nSPS) is 23.1. The lowest BCUT2D eigenvalue weighted by molar-refractivity contribution is -0.138. The Hall–Kier alpha value is -1.43. The van der Waals surface area contributed by atoms with Crippen molar-refractivity contribution in [2.24, 2.45) is 0 Å². The number of hydrogen-bond donors (Lipinski definition) is 1. The summed E-state index contributed by atoms with van der Waals surface area (Å²) >= 11 is 0. The van der Waals surface area contributed by atoms with Gasteiger partial charge in [0.15, 0.2) is 0 Å². The summed E-state index contributed by atoms with van der Waals surface area (Å²) in [4.78, 5) is 14.4. The molecule has 2 heterocycles. The number of piperidine rings is 1. The fraction of sp³-hybridized carbons (Fsp3) is 0.786. The number of aryl methyl sites for hydroxylation is 1. The Morgan fingerprint density at radius 2 is 2.10 bits per heavy atom. The second-order valence-corrected chi connectivity index (χ2v) is 5.66. The molecule has 6 heteroatoms. The van der Waals surface area contributed by atoms with E-state index in [2.05, 4.69) is 24.2 Å². The van der Waals surface area contributed by atoms with Crippen LogP contribution in [-0.2, 0) is 17.8 Å². The number of aromatic nitrogens is 3. The molecule has 1 amide bonds. The van der Waals surface area contributed by atoms with Crippen LogP contribution in [-0.4, -0.2) is 49.6 Å². The van der Waals surface area contributed by atoms with Gasteiger partial charge in [0.25, 0.3) is 0 Å². The second kappa shape index (κ2) is 6.83. The minimum Gasteiger partial charge on any atom is -0.396 e. The zero-order chi connectivity index (χ0) is 14.5. The van der Waals surface area contributed by atoms with E-state index >= 15 is 0 Å². The molecule has 1 aliphatic rings. The van der Waals surface area contributed by atoms with Crippen LogP contribution in [0.4, 0.5) is 0 Å². The summed E-state index contributed by atoms with van der Waals surface area (Å²) in [6, 6.07) is 0.618. The number of aliphatic hydroxyl groups excluding tert-OH is 1. The number of hydrogen-bond acceptors (Lipinski definition) is 4. The summed E-state index contributed by atoms with van der Waals surface area (Å²) < 4.78 is 1.60. The molecule has 2 atom stereocenters. The molecule has 1 saturated heterocycles. The molecule has 1 N–H and O–H groups in total. The molecule has 1 aromatic rings. The fourth-order valence-corrected chi connectivity index (χ4v) is 2.92. The molecule has 0 spiro atoms. The van der Waals surface area contributed by atoms with Crippen LogP contribution in [0.2, 0.25) is 0 Å². The lowest BCUT2D eigenvalue weighted by Gasteiger charge is -2.39. The Kier molecular flexibility index (Phi) is 5.11. The smallest absolute Gasteiger partial charge is 0.244 e. The van der Waals surface area contributed by atoms with Crippen LogP contribution in [0.1, 0.15) is 45.2 Å². The Morgan fingerprint density at radius 3 is 2.75 bits per heavy atom. The summed E-state index contributed by atoms with van der Waals surface area (Å²) in [5.74, 6) is 0.114. The maximum atomic E-state index is 12.4. The van der Waals surface area contributed by atoms with Gasteiger partial charge in [-0.1, -0.05) is 5.21 Å². The van der Waals surface area contributed by atoms with Crippen molar-refractivity contribution in [1.82, 2.24) is 19.9 Å². The van der Waals surface area contributed by atoms with Crippen LogP contribution in [0.3, 0.4) is 0 Å². The minimum absolute atomic E-state index is 0.114. The summed E-state index contributed by atoms with van der Waals surface area (Å²) in [6.45, 7) is 4.62. The fourth-order valence-electron chi connectivity index (χ4n) is 2.92. The maximum Gasteiger partial charge on any atom is 0.244 e. The molecule has 0 radical (unpaired) electrons. The Labute approximate surface area is 119 Å². The molecule has 6 nitrogen and oxygen atoms in total. The summed E-state index contributed by atoms with van der Waals surface area (Å²) in [5.41, 5.74) is 0.826. The number of nitrogens with zero attached hydrogens (tertiary/aromatic N) is 4. The molecule has 2 unspecified atom stereocenters. The molecule has 1 fully saturated rings. The van der Waals surface area contributed by atoms with E-state index in [9.17, 15) is 4.79 Å². The third kappa shape index (κ3) is 3.56. The Morgan fingerprint density at radius 1 is 1.40 bits per heavy atom. The number of likely N-dealkylation sites (tertiary alicyclic amines) is 1. The van der Waals surface area contributed by atoms with Gasteiger partial charge in [-0.2, -0.15) is 0 Å². The number of amides is 1. The second-order valence-electron chi connectivity index (χ2n) is 5.66. The van der Waals surface area contributed by atoms with E-state index in [1.54, 1.807) is 10.9 Å². The van der Waals surface area contributed by atoms with E-state index in [4.69, 9.17) is 5.11 Å². The van der Waals surface area contributed by atoms with Gasteiger partial charge in [-0.3, -0.25) is 4.79 Å². The van der Waals surface area contributed by atoms with E-state index in [-0.39, 0.29) is 19.1 Å². The van der Waals surface area contributed by atoms with Crippen molar-refractivity contribution in [3.63, 3.8) is 0 Å². The lowest BCUT2D eigenvalue weighted by atomic mass is 9.97. The summed E-state index contributed by atoms with van der Waals surface area (Å²) in [5, 5.41) is 16.8. The van der Waals surface area contributed by atoms with Crippen LogP contribution in [0.15, 0.2) is 6.20 Å². The van der Waals surface area contributed by atoms with Crippen molar-refractivity contribution in [2.45, 2.75) is 64.6 Å². The highest BCUT2D eigenvalue weighted by Crippen LogP contribution is 2.22. The molecule has 1 aliphatic heterocycles. The number of carbonyl (C=O) groups is 1. The van der Waals surface area contributed by atoms with Gasteiger partial charge in [0.1, 0.15) is 6.54 Å². The molecule has 112 valence electrons. The highest BCUT2D eigenvalue weighted by molar-refractivity contribution is 5.76. The number of rotatable bonds is 5. The SMILES string of the molecule is CC1CCCC(C)N1C(=O)Cn1cc(CCCO)nn1. The van der Waals surface area contributed by atoms with Gasteiger partial charge in [0.2, 0.25) is 5.91 Å². The van der Waals surface area contributed by atoms with Crippen LogP contribution >= 0.6 is 0 Å². The largest absolute Gasteiger partial charge is 0.396 e. The summed E-state index contributed by atoms with van der Waals surface area (Å²) in [6.07, 6.45) is 6.52. The first-order valence-electron chi connectivity index (χ1n) is 7.43. The average molecular weight is 280 g/mol. The molecule has 0 bridgehead atoms. The third-order valence-electron chi connectivity index (χ3n) is 3.96. The van der Waals surface area contributed by atoms with Gasteiger partial charge in [0.05, 0.1) is 5.69 Å². The first-order chi connectivity index (χ1) is 9.61. The van der Waals surface area contributed by atoms with Gasteiger partial charge < -0.3 is 10.0 Å². The predicted octanol–water partition coefficient (Wildman–Crippen LogP) is 0.992. The molecule has 0 saturated carbocycles. The topological polar surface area (TPSA) is 71.2 Å². The molecule has 0 aromatic carbocycles. The molecule has 20 heavy (non-hydrogen) atoms. The first-order valence-corrected chi connectivity index (χ1v) is 7.43. The highest BCUT2D eigenvalue weighted by atomic mass is 16.3. The average Bonchev–Trinajstić information content (AvgIpc) is 2.83. The van der Waals surface area contributed by atoms with Gasteiger partial charge in [-0.25, -0.2) is 4.68 Å². The van der Waals surface area contributed by atoms with Crippen molar-refractivity contribution < 1.29 is 9.90 Å². The number of aliphatic hydroxyl groups is 1. The van der Waals surface area contributed by atoms with E-state index in [1.165, 1.54) is 6.42 Å². The van der Waals surface area contributed by atoms with Crippen LogP contribution in [0.25, 0.3) is 0 Å². The van der Waals surface area contributed by atoms with Gasteiger partial charge in [-0.15, -0.1) is 5.10 Å². The van der Waals surface area contributed by atoms with Crippen LogP contribution in [0.5, 0.6) is 0 Å². The van der Waals surface area contributed by atoms with E-state index in [0.717, 1.165) is 18.5 Å². The molecule has 0 aliphatic carbocycles. The van der Waals surface area contributed by atoms with Crippen molar-refractivity contribution in [2.75, 3.05) is 6.61 Å². The highest BCUT2D eigenvalue weighted by Gasteiger charge is 2.28.